The van der Waals surface area contributed by atoms with Gasteiger partial charge in [-0.25, -0.2) is 4.98 Å². The Morgan fingerprint density at radius 3 is 2.48 bits per heavy atom. The first-order valence-corrected chi connectivity index (χ1v) is 11.8. The molecule has 1 atom stereocenters. The maximum Gasteiger partial charge on any atom is 0.227 e. The lowest BCUT2D eigenvalue weighted by Gasteiger charge is -2.28. The number of hydrogen-bond donors (Lipinski definition) is 0. The largest absolute Gasteiger partial charge is 0.486 e. The van der Waals surface area contributed by atoms with Crippen LogP contribution in [-0.2, 0) is 24.4 Å². The van der Waals surface area contributed by atoms with E-state index in [1.54, 1.807) is 11.3 Å². The van der Waals surface area contributed by atoms with Crippen LogP contribution in [0.2, 0.25) is 0 Å². The third-order valence-electron chi connectivity index (χ3n) is 5.47. The summed E-state index contributed by atoms with van der Waals surface area (Å²) < 4.78 is 6.07. The number of ether oxygens (including phenoxy) is 1. The van der Waals surface area contributed by atoms with Crippen molar-refractivity contribution in [1.82, 2.24) is 9.88 Å². The van der Waals surface area contributed by atoms with E-state index < -0.39 is 0 Å². The minimum atomic E-state index is 0.136. The van der Waals surface area contributed by atoms with Crippen molar-refractivity contribution in [3.63, 3.8) is 0 Å². The molecule has 0 bridgehead atoms. The molecular formula is C26H32N2O2S. The van der Waals surface area contributed by atoms with Crippen LogP contribution < -0.4 is 4.74 Å². The Kier molecular flexibility index (Phi) is 8.24. The quantitative estimate of drug-likeness (QED) is 0.379. The second-order valence-electron chi connectivity index (χ2n) is 8.16. The average Bonchev–Trinajstić information content (AvgIpc) is 3.23. The van der Waals surface area contributed by atoms with E-state index in [1.165, 1.54) is 5.56 Å². The molecule has 0 spiro atoms. The second kappa shape index (κ2) is 11.1. The number of hydrogen-bond acceptors (Lipinski definition) is 4. The fourth-order valence-electron chi connectivity index (χ4n) is 3.47. The normalized spacial score (nSPS) is 12.0. The summed E-state index contributed by atoms with van der Waals surface area (Å²) in [6, 6.07) is 18.2. The van der Waals surface area contributed by atoms with Gasteiger partial charge < -0.3 is 9.64 Å². The standard InChI is InChI=1S/C26H32N2O2S/c1-5-20(4)28(26(29)15-21-11-7-6-8-12-21)16-22-18-31-25(27-22)17-30-24-14-10-9-13-23(24)19(2)3/h6-14,18-20H,5,15-17H2,1-4H3. The zero-order chi connectivity index (χ0) is 22.2. The van der Waals surface area contributed by atoms with Gasteiger partial charge in [0, 0.05) is 11.4 Å². The molecule has 1 unspecified atom stereocenters. The van der Waals surface area contributed by atoms with Crippen molar-refractivity contribution in [2.45, 2.75) is 65.6 Å². The molecule has 0 saturated carbocycles. The first-order chi connectivity index (χ1) is 15.0. The lowest BCUT2D eigenvalue weighted by Crippen LogP contribution is -2.38. The lowest BCUT2D eigenvalue weighted by molar-refractivity contribution is -0.133. The van der Waals surface area contributed by atoms with Crippen LogP contribution in [0, 0.1) is 0 Å². The molecule has 4 nitrogen and oxygen atoms in total. The first kappa shape index (κ1) is 23.0. The summed E-state index contributed by atoms with van der Waals surface area (Å²) in [6.45, 7) is 9.51. The van der Waals surface area contributed by atoms with Gasteiger partial charge in [0.2, 0.25) is 5.91 Å². The number of amides is 1. The molecule has 0 radical (unpaired) electrons. The Bertz CT molecular complexity index is 968. The van der Waals surface area contributed by atoms with Crippen LogP contribution in [0.5, 0.6) is 5.75 Å². The lowest BCUT2D eigenvalue weighted by atomic mass is 10.0. The topological polar surface area (TPSA) is 42.4 Å². The van der Waals surface area contributed by atoms with Crippen LogP contribution in [0.25, 0.3) is 0 Å². The minimum Gasteiger partial charge on any atom is -0.486 e. The fraction of sp³-hybridized carbons (Fsp3) is 0.385. The number of para-hydroxylation sites is 1. The van der Waals surface area contributed by atoms with E-state index in [2.05, 4.69) is 33.8 Å². The highest BCUT2D eigenvalue weighted by atomic mass is 32.1. The monoisotopic (exact) mass is 436 g/mol. The number of carbonyl (C=O) groups excluding carboxylic acids is 1. The molecule has 0 aliphatic carbocycles. The highest BCUT2D eigenvalue weighted by Gasteiger charge is 2.21. The van der Waals surface area contributed by atoms with Crippen molar-refractivity contribution in [2.24, 2.45) is 0 Å². The Labute approximate surface area is 189 Å². The van der Waals surface area contributed by atoms with Crippen LogP contribution in [0.4, 0.5) is 0 Å². The molecule has 0 N–H and O–H groups in total. The number of rotatable bonds is 10. The van der Waals surface area contributed by atoms with Gasteiger partial charge in [0.05, 0.1) is 18.7 Å². The molecule has 1 amide bonds. The number of carbonyl (C=O) groups is 1. The zero-order valence-electron chi connectivity index (χ0n) is 18.9. The molecule has 0 saturated heterocycles. The molecule has 3 aromatic rings. The second-order valence-corrected chi connectivity index (χ2v) is 9.10. The highest BCUT2D eigenvalue weighted by molar-refractivity contribution is 7.09. The van der Waals surface area contributed by atoms with Gasteiger partial charge >= 0.3 is 0 Å². The number of benzene rings is 2. The van der Waals surface area contributed by atoms with E-state index in [1.807, 2.05) is 58.8 Å². The zero-order valence-corrected chi connectivity index (χ0v) is 19.7. The van der Waals surface area contributed by atoms with Gasteiger partial charge in [-0.2, -0.15) is 0 Å². The Balaban J connectivity index is 1.65. The van der Waals surface area contributed by atoms with Gasteiger partial charge in [0.1, 0.15) is 17.4 Å². The molecular weight excluding hydrogens is 404 g/mol. The van der Waals surface area contributed by atoms with Gasteiger partial charge in [-0.1, -0.05) is 69.3 Å². The Morgan fingerprint density at radius 1 is 1.06 bits per heavy atom. The van der Waals surface area contributed by atoms with Crippen LogP contribution in [0.3, 0.4) is 0 Å². The Hall–Kier alpha value is -2.66. The molecule has 31 heavy (non-hydrogen) atoms. The van der Waals surface area contributed by atoms with E-state index in [0.717, 1.165) is 28.4 Å². The smallest absolute Gasteiger partial charge is 0.227 e. The third kappa shape index (κ3) is 6.41. The fourth-order valence-corrected chi connectivity index (χ4v) is 4.17. The predicted octanol–water partition coefficient (Wildman–Crippen LogP) is 6.22. The Morgan fingerprint density at radius 2 is 1.77 bits per heavy atom. The van der Waals surface area contributed by atoms with Gasteiger partial charge in [0.15, 0.2) is 0 Å². The van der Waals surface area contributed by atoms with Crippen LogP contribution >= 0.6 is 11.3 Å². The third-order valence-corrected chi connectivity index (χ3v) is 6.34. The number of nitrogens with zero attached hydrogens (tertiary/aromatic N) is 2. The van der Waals surface area contributed by atoms with Crippen LogP contribution in [0.1, 0.15) is 61.9 Å². The summed E-state index contributed by atoms with van der Waals surface area (Å²) >= 11 is 1.59. The van der Waals surface area contributed by atoms with Crippen molar-refractivity contribution in [2.75, 3.05) is 0 Å². The summed E-state index contributed by atoms with van der Waals surface area (Å²) in [7, 11) is 0. The van der Waals surface area contributed by atoms with Gasteiger partial charge in [-0.05, 0) is 36.5 Å². The molecule has 0 aliphatic heterocycles. The van der Waals surface area contributed by atoms with E-state index >= 15 is 0 Å². The number of thiazole rings is 1. The minimum absolute atomic E-state index is 0.136. The maximum absolute atomic E-state index is 13.0. The van der Waals surface area contributed by atoms with E-state index in [4.69, 9.17) is 9.72 Å². The molecule has 1 heterocycles. The first-order valence-electron chi connectivity index (χ1n) is 11.0. The predicted molar refractivity (Wildman–Crippen MR) is 127 cm³/mol. The molecule has 3 rings (SSSR count). The van der Waals surface area contributed by atoms with Crippen LogP contribution in [0.15, 0.2) is 60.0 Å². The molecule has 2 aromatic carbocycles. The van der Waals surface area contributed by atoms with Gasteiger partial charge in [-0.3, -0.25) is 4.79 Å². The van der Waals surface area contributed by atoms with Gasteiger partial charge in [-0.15, -0.1) is 11.3 Å². The molecule has 164 valence electrons. The summed E-state index contributed by atoms with van der Waals surface area (Å²) in [5.74, 6) is 1.45. The molecule has 1 aromatic heterocycles. The van der Waals surface area contributed by atoms with Crippen molar-refractivity contribution in [3.05, 3.63) is 81.8 Å². The molecule has 0 fully saturated rings. The van der Waals surface area contributed by atoms with Crippen molar-refractivity contribution < 1.29 is 9.53 Å². The highest BCUT2D eigenvalue weighted by Crippen LogP contribution is 2.27. The summed E-state index contributed by atoms with van der Waals surface area (Å²) in [4.78, 5) is 19.7. The van der Waals surface area contributed by atoms with Crippen molar-refractivity contribution in [3.8, 4) is 5.75 Å². The summed E-state index contributed by atoms with van der Waals surface area (Å²) in [5, 5.41) is 2.96. The van der Waals surface area contributed by atoms with Gasteiger partial charge in [0.25, 0.3) is 0 Å². The summed E-state index contributed by atoms with van der Waals surface area (Å²) in [6.07, 6.45) is 1.32. The maximum atomic E-state index is 13.0. The van der Waals surface area contributed by atoms with Crippen molar-refractivity contribution in [1.29, 1.82) is 0 Å². The van der Waals surface area contributed by atoms with E-state index in [-0.39, 0.29) is 11.9 Å². The van der Waals surface area contributed by atoms with Crippen molar-refractivity contribution >= 4 is 17.2 Å². The SMILES string of the molecule is CCC(C)N(Cc1csc(COc2ccccc2C(C)C)n1)C(=O)Cc1ccccc1. The molecule has 5 heteroatoms. The van der Waals surface area contributed by atoms with E-state index in [0.29, 0.717) is 25.5 Å². The number of aromatic nitrogens is 1. The van der Waals surface area contributed by atoms with Crippen LogP contribution in [-0.4, -0.2) is 21.8 Å². The average molecular weight is 437 g/mol. The molecule has 0 aliphatic rings. The summed E-state index contributed by atoms with van der Waals surface area (Å²) in [5.41, 5.74) is 3.16. The van der Waals surface area contributed by atoms with E-state index in [9.17, 15) is 4.79 Å².